The number of aromatic nitrogens is 1. The van der Waals surface area contributed by atoms with Gasteiger partial charge >= 0.3 is 5.97 Å². The van der Waals surface area contributed by atoms with Gasteiger partial charge in [-0.3, -0.25) is 24.6 Å². The molecule has 5 rings (SSSR count). The van der Waals surface area contributed by atoms with Gasteiger partial charge in [0.2, 0.25) is 5.76 Å². The molecular formula is C24H17N3O7S. The number of nitro benzene ring substituents is 1. The number of carbonyl (C=O) groups excluding carboxylic acids is 2. The average Bonchev–Trinajstić information content (AvgIpc) is 3.37. The fourth-order valence-corrected chi connectivity index (χ4v) is 5.07. The van der Waals surface area contributed by atoms with E-state index in [0.717, 1.165) is 11.3 Å². The highest BCUT2D eigenvalue weighted by atomic mass is 32.1. The molecule has 3 heterocycles. The van der Waals surface area contributed by atoms with Gasteiger partial charge in [0, 0.05) is 12.1 Å². The Labute approximate surface area is 201 Å². The van der Waals surface area contributed by atoms with Crippen molar-refractivity contribution in [3.63, 3.8) is 0 Å². The lowest BCUT2D eigenvalue weighted by Crippen LogP contribution is -2.29. The van der Waals surface area contributed by atoms with Gasteiger partial charge < -0.3 is 9.15 Å². The summed E-state index contributed by atoms with van der Waals surface area (Å²) in [4.78, 5) is 56.1. The van der Waals surface area contributed by atoms with Crippen LogP contribution in [0.4, 0.5) is 10.8 Å². The van der Waals surface area contributed by atoms with Crippen molar-refractivity contribution in [1.29, 1.82) is 0 Å². The van der Waals surface area contributed by atoms with Crippen LogP contribution in [-0.4, -0.2) is 28.4 Å². The van der Waals surface area contributed by atoms with Gasteiger partial charge in [-0.25, -0.2) is 9.78 Å². The van der Waals surface area contributed by atoms with E-state index >= 15 is 0 Å². The van der Waals surface area contributed by atoms with Gasteiger partial charge in [0.05, 0.1) is 34.2 Å². The normalized spacial score (nSPS) is 14.9. The van der Waals surface area contributed by atoms with Crippen molar-refractivity contribution >= 4 is 45.0 Å². The zero-order valence-corrected chi connectivity index (χ0v) is 19.3. The number of rotatable bonds is 5. The second kappa shape index (κ2) is 8.44. The van der Waals surface area contributed by atoms with Crippen molar-refractivity contribution in [2.75, 3.05) is 11.5 Å². The highest BCUT2D eigenvalue weighted by Gasteiger charge is 2.45. The van der Waals surface area contributed by atoms with Gasteiger partial charge in [-0.15, -0.1) is 0 Å². The summed E-state index contributed by atoms with van der Waals surface area (Å²) in [7, 11) is 0. The molecule has 0 fully saturated rings. The molecule has 10 nitrogen and oxygen atoms in total. The lowest BCUT2D eigenvalue weighted by Gasteiger charge is -2.22. The number of aryl methyl sites for hydroxylation is 1. The van der Waals surface area contributed by atoms with Gasteiger partial charge in [-0.05, 0) is 43.7 Å². The monoisotopic (exact) mass is 491 g/mol. The van der Waals surface area contributed by atoms with E-state index in [1.807, 2.05) is 0 Å². The van der Waals surface area contributed by atoms with Crippen LogP contribution in [0.5, 0.6) is 0 Å². The predicted octanol–water partition coefficient (Wildman–Crippen LogP) is 4.39. The average molecular weight is 491 g/mol. The van der Waals surface area contributed by atoms with Crippen LogP contribution in [0.1, 0.15) is 50.0 Å². The second-order valence-corrected chi connectivity index (χ2v) is 8.71. The lowest BCUT2D eigenvalue weighted by molar-refractivity contribution is -0.384. The number of anilines is 1. The van der Waals surface area contributed by atoms with E-state index in [9.17, 15) is 24.5 Å². The molecule has 1 aliphatic heterocycles. The van der Waals surface area contributed by atoms with Gasteiger partial charge in [0.15, 0.2) is 10.6 Å². The van der Waals surface area contributed by atoms with E-state index in [4.69, 9.17) is 9.15 Å². The molecule has 1 atom stereocenters. The molecular weight excluding hydrogens is 474 g/mol. The highest BCUT2D eigenvalue weighted by molar-refractivity contribution is 7.17. The Kier molecular flexibility index (Phi) is 5.40. The molecule has 0 bridgehead atoms. The molecule has 1 amide bonds. The first-order valence-electron chi connectivity index (χ1n) is 10.6. The molecule has 35 heavy (non-hydrogen) atoms. The minimum Gasteiger partial charge on any atom is -0.462 e. The zero-order valence-electron chi connectivity index (χ0n) is 18.5. The van der Waals surface area contributed by atoms with E-state index < -0.39 is 22.8 Å². The molecule has 0 aliphatic carbocycles. The molecule has 2 aromatic carbocycles. The number of hydrogen-bond donors (Lipinski definition) is 0. The Morgan fingerprint density at radius 1 is 1.20 bits per heavy atom. The number of nitrogens with zero attached hydrogens (tertiary/aromatic N) is 3. The van der Waals surface area contributed by atoms with Crippen LogP contribution in [0.15, 0.2) is 57.7 Å². The number of ether oxygens (including phenoxy) is 1. The zero-order chi connectivity index (χ0) is 24.9. The summed E-state index contributed by atoms with van der Waals surface area (Å²) in [6, 6.07) is 11.2. The number of fused-ring (bicyclic) bond motifs is 2. The molecule has 0 spiro atoms. The third kappa shape index (κ3) is 3.56. The van der Waals surface area contributed by atoms with Crippen LogP contribution < -0.4 is 10.3 Å². The SMILES string of the molecule is CCOC(=O)c1sc(N2C(=O)c3oc4ccccc4c(=O)c3[C@H]2c2ccc([N+](=O)[O-])cc2)nc1C. The maximum absolute atomic E-state index is 13.6. The van der Waals surface area contributed by atoms with Crippen LogP contribution in [0.25, 0.3) is 11.0 Å². The lowest BCUT2D eigenvalue weighted by atomic mass is 9.98. The van der Waals surface area contributed by atoms with Crippen molar-refractivity contribution < 1.29 is 23.7 Å². The van der Waals surface area contributed by atoms with Crippen molar-refractivity contribution in [2.24, 2.45) is 0 Å². The third-order valence-corrected chi connectivity index (χ3v) is 6.79. The predicted molar refractivity (Wildman–Crippen MR) is 127 cm³/mol. The summed E-state index contributed by atoms with van der Waals surface area (Å²) in [5.74, 6) is -1.30. The Bertz CT molecular complexity index is 1570. The van der Waals surface area contributed by atoms with E-state index in [-0.39, 0.29) is 44.6 Å². The Morgan fingerprint density at radius 2 is 1.91 bits per heavy atom. The van der Waals surface area contributed by atoms with Crippen LogP contribution in [0.3, 0.4) is 0 Å². The molecule has 2 aromatic heterocycles. The molecule has 0 saturated carbocycles. The number of amides is 1. The number of non-ortho nitro benzene ring substituents is 1. The summed E-state index contributed by atoms with van der Waals surface area (Å²) >= 11 is 0.963. The number of esters is 1. The number of para-hydroxylation sites is 1. The van der Waals surface area contributed by atoms with Gasteiger partial charge in [-0.2, -0.15) is 0 Å². The first-order valence-corrected chi connectivity index (χ1v) is 11.4. The molecule has 4 aromatic rings. The Balaban J connectivity index is 1.73. The first kappa shape index (κ1) is 22.4. The van der Waals surface area contributed by atoms with E-state index in [1.165, 1.54) is 29.2 Å². The fraction of sp³-hybridized carbons (Fsp3) is 0.167. The molecule has 0 saturated heterocycles. The molecule has 176 valence electrons. The molecule has 0 radical (unpaired) electrons. The van der Waals surface area contributed by atoms with Gasteiger partial charge in [0.25, 0.3) is 11.6 Å². The Morgan fingerprint density at radius 3 is 2.60 bits per heavy atom. The van der Waals surface area contributed by atoms with Crippen LogP contribution in [-0.2, 0) is 4.74 Å². The number of hydrogen-bond acceptors (Lipinski definition) is 9. The third-order valence-electron chi connectivity index (χ3n) is 5.65. The minimum absolute atomic E-state index is 0.105. The van der Waals surface area contributed by atoms with Gasteiger partial charge in [0.1, 0.15) is 10.5 Å². The largest absolute Gasteiger partial charge is 0.462 e. The number of carbonyl (C=O) groups is 2. The summed E-state index contributed by atoms with van der Waals surface area (Å²) in [6.07, 6.45) is 0. The summed E-state index contributed by atoms with van der Waals surface area (Å²) in [6.45, 7) is 3.48. The van der Waals surface area contributed by atoms with Crippen molar-refractivity contribution in [2.45, 2.75) is 19.9 Å². The summed E-state index contributed by atoms with van der Waals surface area (Å²) in [5.41, 5.74) is 0.671. The molecule has 0 unspecified atom stereocenters. The van der Waals surface area contributed by atoms with Crippen LogP contribution in [0, 0.1) is 17.0 Å². The maximum atomic E-state index is 13.6. The second-order valence-electron chi connectivity index (χ2n) is 7.73. The van der Waals surface area contributed by atoms with Gasteiger partial charge in [-0.1, -0.05) is 23.5 Å². The van der Waals surface area contributed by atoms with E-state index in [2.05, 4.69) is 4.98 Å². The minimum atomic E-state index is -0.959. The van der Waals surface area contributed by atoms with E-state index in [0.29, 0.717) is 16.6 Å². The summed E-state index contributed by atoms with van der Waals surface area (Å²) < 4.78 is 11.0. The maximum Gasteiger partial charge on any atom is 0.350 e. The number of thiazole rings is 1. The quantitative estimate of drug-likeness (QED) is 0.228. The van der Waals surface area contributed by atoms with Crippen molar-refractivity contribution in [1.82, 2.24) is 4.98 Å². The fourth-order valence-electron chi connectivity index (χ4n) is 4.08. The van der Waals surface area contributed by atoms with E-state index in [1.54, 1.807) is 38.1 Å². The van der Waals surface area contributed by atoms with Crippen LogP contribution in [0.2, 0.25) is 0 Å². The van der Waals surface area contributed by atoms with Crippen molar-refractivity contribution in [3.05, 3.63) is 96.3 Å². The standard InChI is InChI=1S/C24H17N3O7S/c1-3-33-23(30)21-12(2)25-24(35-21)26-18(13-8-10-14(11-9-13)27(31)32)17-19(28)15-6-4-5-7-16(15)34-20(17)22(26)29/h4-11,18H,3H2,1-2H3/t18-/m1/s1. The number of benzene rings is 2. The van der Waals surface area contributed by atoms with Crippen LogP contribution >= 0.6 is 11.3 Å². The summed E-state index contributed by atoms with van der Waals surface area (Å²) in [5, 5.41) is 11.6. The highest BCUT2D eigenvalue weighted by Crippen LogP contribution is 2.43. The molecule has 11 heteroatoms. The Hall–Kier alpha value is -4.38. The first-order chi connectivity index (χ1) is 16.8. The smallest absolute Gasteiger partial charge is 0.350 e. The molecule has 0 N–H and O–H groups in total. The topological polar surface area (TPSA) is 133 Å². The molecule has 1 aliphatic rings. The van der Waals surface area contributed by atoms with Crippen molar-refractivity contribution in [3.8, 4) is 0 Å². The number of nitro groups is 1.